The number of carbonyl (C=O) groups excluding carboxylic acids is 1. The van der Waals surface area contributed by atoms with Gasteiger partial charge in [-0.2, -0.15) is 5.10 Å². The van der Waals surface area contributed by atoms with Crippen LogP contribution in [0.15, 0.2) is 17.2 Å². The number of carboxylic acids is 1. The zero-order valence-corrected chi connectivity index (χ0v) is 12.8. The molecule has 0 amide bonds. The summed E-state index contributed by atoms with van der Waals surface area (Å²) in [4.78, 5) is 11.7. The van der Waals surface area contributed by atoms with Crippen LogP contribution in [0.25, 0.3) is 0 Å². The van der Waals surface area contributed by atoms with Crippen LogP contribution in [-0.2, 0) is 0 Å². The molecule has 1 aromatic heterocycles. The van der Waals surface area contributed by atoms with E-state index in [0.717, 1.165) is 29.1 Å². The zero-order chi connectivity index (χ0) is 14.5. The maximum Gasteiger partial charge on any atom is 0.187 e. The Kier molecular flexibility index (Phi) is 5.08. The van der Waals surface area contributed by atoms with Crippen molar-refractivity contribution in [2.45, 2.75) is 38.6 Å². The molecule has 0 atom stereocenters. The molecule has 20 heavy (non-hydrogen) atoms. The summed E-state index contributed by atoms with van der Waals surface area (Å²) in [5.41, 5.74) is 3.49. The molecule has 0 bridgehead atoms. The highest BCUT2D eigenvalue weighted by molar-refractivity contribution is 7.80. The van der Waals surface area contributed by atoms with E-state index in [2.05, 4.69) is 15.8 Å². The van der Waals surface area contributed by atoms with E-state index in [4.69, 9.17) is 12.2 Å². The number of nitrogens with one attached hydrogen (secondary N) is 2. The molecule has 1 saturated carbocycles. The van der Waals surface area contributed by atoms with E-state index < -0.39 is 5.97 Å². The number of rotatable bonds is 4. The third kappa shape index (κ3) is 4.01. The van der Waals surface area contributed by atoms with Gasteiger partial charge in [-0.15, -0.1) is 11.3 Å². The molecule has 0 aromatic carbocycles. The summed E-state index contributed by atoms with van der Waals surface area (Å²) in [6.07, 6.45) is 4.77. The molecule has 0 aliphatic heterocycles. The first-order valence-corrected chi connectivity index (χ1v) is 7.71. The van der Waals surface area contributed by atoms with Crippen molar-refractivity contribution in [1.29, 1.82) is 0 Å². The Morgan fingerprint density at radius 3 is 2.65 bits per heavy atom. The Morgan fingerprint density at radius 2 is 2.05 bits per heavy atom. The van der Waals surface area contributed by atoms with Gasteiger partial charge in [-0.25, -0.2) is 0 Å². The highest BCUT2D eigenvalue weighted by Gasteiger charge is 2.15. The first-order chi connectivity index (χ1) is 9.56. The van der Waals surface area contributed by atoms with Crippen molar-refractivity contribution in [2.24, 2.45) is 5.10 Å². The van der Waals surface area contributed by atoms with Crippen LogP contribution in [0.2, 0.25) is 0 Å². The van der Waals surface area contributed by atoms with Gasteiger partial charge in [-0.3, -0.25) is 5.43 Å². The Balaban J connectivity index is 1.88. The molecule has 1 aliphatic carbocycles. The fourth-order valence-corrected chi connectivity index (χ4v) is 3.12. The lowest BCUT2D eigenvalue weighted by Gasteiger charge is -2.13. The maximum absolute atomic E-state index is 10.7. The van der Waals surface area contributed by atoms with Crippen LogP contribution in [0, 0.1) is 0 Å². The molecule has 108 valence electrons. The van der Waals surface area contributed by atoms with Crippen molar-refractivity contribution in [3.05, 3.63) is 21.9 Å². The second-order valence-corrected chi connectivity index (χ2v) is 6.21. The third-order valence-corrected chi connectivity index (χ3v) is 4.56. The largest absolute Gasteiger partial charge is 0.544 e. The van der Waals surface area contributed by atoms with Gasteiger partial charge in [0.2, 0.25) is 0 Å². The van der Waals surface area contributed by atoms with Gasteiger partial charge in [0.25, 0.3) is 0 Å². The van der Waals surface area contributed by atoms with E-state index in [-0.39, 0.29) is 4.88 Å². The van der Waals surface area contributed by atoms with Crippen molar-refractivity contribution in [2.75, 3.05) is 0 Å². The van der Waals surface area contributed by atoms with Crippen LogP contribution in [0.4, 0.5) is 0 Å². The van der Waals surface area contributed by atoms with Crippen LogP contribution >= 0.6 is 23.6 Å². The second kappa shape index (κ2) is 6.81. The Labute approximate surface area is 127 Å². The van der Waals surface area contributed by atoms with Gasteiger partial charge in [-0.05, 0) is 44.1 Å². The number of aromatic carboxylic acids is 1. The SMILES string of the molecule is C/C(=N/NC(=S)NC1CCCC1)c1ccc(C(=O)[O-])s1. The van der Waals surface area contributed by atoms with Crippen molar-refractivity contribution < 1.29 is 9.90 Å². The predicted octanol–water partition coefficient (Wildman–Crippen LogP) is 1.24. The van der Waals surface area contributed by atoms with E-state index >= 15 is 0 Å². The highest BCUT2D eigenvalue weighted by Crippen LogP contribution is 2.18. The molecule has 0 saturated heterocycles. The number of thiophene rings is 1. The summed E-state index contributed by atoms with van der Waals surface area (Å²) in [7, 11) is 0. The third-order valence-electron chi connectivity index (χ3n) is 3.18. The standard InChI is InChI=1S/C13H17N3O2S2/c1-8(10-6-7-11(20-10)12(17)18)15-16-13(19)14-9-4-2-3-5-9/h6-7,9H,2-5H2,1H3,(H,17,18)(H2,14,16,19)/p-1/b15-8-. The molecule has 0 unspecified atom stereocenters. The van der Waals surface area contributed by atoms with Crippen molar-refractivity contribution in [3.8, 4) is 0 Å². The first-order valence-electron chi connectivity index (χ1n) is 6.48. The normalized spacial score (nSPS) is 16.1. The fourth-order valence-electron chi connectivity index (χ4n) is 2.12. The first kappa shape index (κ1) is 14.9. The van der Waals surface area contributed by atoms with Gasteiger partial charge in [0.1, 0.15) is 0 Å². The van der Waals surface area contributed by atoms with Crippen molar-refractivity contribution in [1.82, 2.24) is 10.7 Å². The van der Waals surface area contributed by atoms with Gasteiger partial charge in [0.05, 0.1) is 21.4 Å². The lowest BCUT2D eigenvalue weighted by atomic mass is 10.3. The van der Waals surface area contributed by atoms with Gasteiger partial charge >= 0.3 is 0 Å². The van der Waals surface area contributed by atoms with Gasteiger partial charge in [0.15, 0.2) is 5.11 Å². The van der Waals surface area contributed by atoms with Gasteiger partial charge < -0.3 is 15.2 Å². The molecule has 1 heterocycles. The number of hydrogen-bond acceptors (Lipinski definition) is 5. The number of carbonyl (C=O) groups is 1. The summed E-state index contributed by atoms with van der Waals surface area (Å²) < 4.78 is 0. The highest BCUT2D eigenvalue weighted by atomic mass is 32.1. The Hall–Kier alpha value is -1.47. The number of thiocarbonyl (C=S) groups is 1. The molecular formula is C13H16N3O2S2-. The number of nitrogens with zero attached hydrogens (tertiary/aromatic N) is 1. The van der Waals surface area contributed by atoms with Crippen molar-refractivity contribution in [3.63, 3.8) is 0 Å². The molecule has 5 nitrogen and oxygen atoms in total. The molecule has 2 rings (SSSR count). The minimum atomic E-state index is -1.17. The van der Waals surface area contributed by atoms with Crippen LogP contribution < -0.4 is 15.8 Å². The predicted molar refractivity (Wildman–Crippen MR) is 82.0 cm³/mol. The molecule has 1 aliphatic rings. The van der Waals surface area contributed by atoms with Crippen LogP contribution in [-0.4, -0.2) is 22.8 Å². The average Bonchev–Trinajstić information content (AvgIpc) is 3.06. The lowest BCUT2D eigenvalue weighted by molar-refractivity contribution is -0.254. The number of carboxylic acid groups (broad SMARTS) is 1. The smallest absolute Gasteiger partial charge is 0.187 e. The maximum atomic E-state index is 10.7. The van der Waals surface area contributed by atoms with Crippen LogP contribution in [0.5, 0.6) is 0 Å². The van der Waals surface area contributed by atoms with E-state index in [1.165, 1.54) is 18.9 Å². The molecule has 2 N–H and O–H groups in total. The van der Waals surface area contributed by atoms with Crippen LogP contribution in [0.3, 0.4) is 0 Å². The van der Waals surface area contributed by atoms with Gasteiger partial charge in [-0.1, -0.05) is 12.8 Å². The molecule has 0 spiro atoms. The summed E-state index contributed by atoms with van der Waals surface area (Å²) in [6, 6.07) is 3.67. The van der Waals surface area contributed by atoms with E-state index in [1.807, 2.05) is 0 Å². The molecular weight excluding hydrogens is 294 g/mol. The van der Waals surface area contributed by atoms with E-state index in [1.54, 1.807) is 13.0 Å². The number of hydrogen-bond donors (Lipinski definition) is 2. The summed E-state index contributed by atoms with van der Waals surface area (Å²) in [6.45, 7) is 1.80. The Bertz CT molecular complexity index is 533. The van der Waals surface area contributed by atoms with E-state index in [9.17, 15) is 9.90 Å². The lowest BCUT2D eigenvalue weighted by Crippen LogP contribution is -2.38. The molecule has 0 radical (unpaired) electrons. The quantitative estimate of drug-likeness (QED) is 0.497. The van der Waals surface area contributed by atoms with Crippen molar-refractivity contribution >= 4 is 40.3 Å². The summed E-state index contributed by atoms with van der Waals surface area (Å²) in [5.74, 6) is -1.17. The minimum Gasteiger partial charge on any atom is -0.544 e. The Morgan fingerprint density at radius 1 is 1.40 bits per heavy atom. The van der Waals surface area contributed by atoms with E-state index in [0.29, 0.717) is 16.9 Å². The summed E-state index contributed by atoms with van der Waals surface area (Å²) >= 11 is 6.31. The fraction of sp³-hybridized carbons (Fsp3) is 0.462. The molecule has 7 heteroatoms. The minimum absolute atomic E-state index is 0.196. The number of hydrazone groups is 1. The second-order valence-electron chi connectivity index (χ2n) is 4.72. The monoisotopic (exact) mass is 310 g/mol. The topological polar surface area (TPSA) is 76.5 Å². The molecule has 1 fully saturated rings. The average molecular weight is 310 g/mol. The zero-order valence-electron chi connectivity index (χ0n) is 11.1. The molecule has 1 aromatic rings. The van der Waals surface area contributed by atoms with Crippen LogP contribution in [0.1, 0.15) is 47.2 Å². The summed E-state index contributed by atoms with van der Waals surface area (Å²) in [5, 5.41) is 18.6. The van der Waals surface area contributed by atoms with Gasteiger partial charge in [0, 0.05) is 6.04 Å².